The summed E-state index contributed by atoms with van der Waals surface area (Å²) in [6, 6.07) is 15.7. The van der Waals surface area contributed by atoms with Crippen molar-refractivity contribution in [3.8, 4) is 11.5 Å². The molecule has 4 nitrogen and oxygen atoms in total. The molecule has 1 atom stereocenters. The van der Waals surface area contributed by atoms with Crippen LogP contribution in [0.4, 0.5) is 0 Å². The van der Waals surface area contributed by atoms with Gasteiger partial charge in [-0.05, 0) is 80.0 Å². The van der Waals surface area contributed by atoms with E-state index < -0.39 is 9.84 Å². The summed E-state index contributed by atoms with van der Waals surface area (Å²) < 4.78 is 37.5. The fraction of sp³-hybridized carbons (Fsp3) is 0.154. The Balaban J connectivity index is 1.69. The number of rotatable bonds is 8. The number of benzene rings is 2. The number of ether oxygens (including phenoxy) is 2. The molecule has 0 heterocycles. The lowest BCUT2D eigenvalue weighted by Crippen LogP contribution is -2.03. The van der Waals surface area contributed by atoms with E-state index >= 15 is 0 Å². The smallest absolute Gasteiger partial charge is 0.206 e. The molecule has 0 radical (unpaired) electrons. The van der Waals surface area contributed by atoms with E-state index in [2.05, 4.69) is 13.5 Å². The molecule has 0 N–H and O–H groups in total. The summed E-state index contributed by atoms with van der Waals surface area (Å²) in [5.41, 5.74) is 0. The molecule has 0 fully saturated rings. The van der Waals surface area contributed by atoms with Gasteiger partial charge in [0.05, 0.1) is 9.80 Å². The average molecular weight is 435 g/mol. The largest absolute Gasteiger partial charge is 0.458 e. The molecular formula is C26H26O4S. The van der Waals surface area contributed by atoms with Crippen LogP contribution in [0.25, 0.3) is 0 Å². The molecule has 0 aliphatic heterocycles. The maximum atomic E-state index is 13.0. The maximum Gasteiger partial charge on any atom is 0.206 e. The molecule has 0 amide bonds. The van der Waals surface area contributed by atoms with Crippen LogP contribution in [0.2, 0.25) is 0 Å². The van der Waals surface area contributed by atoms with Crippen LogP contribution in [-0.2, 0) is 14.6 Å². The van der Waals surface area contributed by atoms with Gasteiger partial charge < -0.3 is 9.47 Å². The second-order valence-corrected chi connectivity index (χ2v) is 9.12. The van der Waals surface area contributed by atoms with Gasteiger partial charge in [-0.3, -0.25) is 0 Å². The third kappa shape index (κ3) is 6.09. The first kappa shape index (κ1) is 22.4. The Morgan fingerprint density at radius 3 is 2.35 bits per heavy atom. The molecule has 0 bridgehead atoms. The van der Waals surface area contributed by atoms with Crippen molar-refractivity contribution in [1.29, 1.82) is 0 Å². The summed E-state index contributed by atoms with van der Waals surface area (Å²) in [5, 5.41) is 0. The molecular weight excluding hydrogens is 408 g/mol. The SMILES string of the molecule is C=C(/C=C\C(=C/C)S(=O)(=O)c1ccc(Oc2ccccc2)cc1)OC1=CC(C)CC=C1. The van der Waals surface area contributed by atoms with Crippen LogP contribution in [0.1, 0.15) is 20.3 Å². The Hall–Kier alpha value is -3.31. The van der Waals surface area contributed by atoms with E-state index in [4.69, 9.17) is 9.47 Å². The fourth-order valence-corrected chi connectivity index (χ4v) is 4.34. The second-order valence-electron chi connectivity index (χ2n) is 7.17. The highest BCUT2D eigenvalue weighted by molar-refractivity contribution is 7.95. The third-order valence-corrected chi connectivity index (χ3v) is 6.51. The van der Waals surface area contributed by atoms with Gasteiger partial charge in [-0.25, -0.2) is 8.42 Å². The zero-order valence-corrected chi connectivity index (χ0v) is 18.5. The Morgan fingerprint density at radius 2 is 1.71 bits per heavy atom. The minimum Gasteiger partial charge on any atom is -0.458 e. The molecule has 2 aromatic rings. The first-order valence-electron chi connectivity index (χ1n) is 10.1. The Morgan fingerprint density at radius 1 is 1.03 bits per heavy atom. The molecule has 2 aromatic carbocycles. The number of hydrogen-bond acceptors (Lipinski definition) is 4. The van der Waals surface area contributed by atoms with Crippen molar-refractivity contribution in [1.82, 2.24) is 0 Å². The van der Waals surface area contributed by atoms with Gasteiger partial charge in [0.2, 0.25) is 9.84 Å². The first-order valence-corrected chi connectivity index (χ1v) is 11.5. The summed E-state index contributed by atoms with van der Waals surface area (Å²) in [6.07, 6.45) is 11.6. The van der Waals surface area contributed by atoms with E-state index in [0.717, 1.165) is 6.42 Å². The topological polar surface area (TPSA) is 52.6 Å². The van der Waals surface area contributed by atoms with Crippen LogP contribution in [0.3, 0.4) is 0 Å². The zero-order valence-electron chi connectivity index (χ0n) is 17.7. The molecule has 31 heavy (non-hydrogen) atoms. The van der Waals surface area contributed by atoms with Gasteiger partial charge in [-0.15, -0.1) is 0 Å². The molecule has 0 saturated carbocycles. The molecule has 0 aromatic heterocycles. The summed E-state index contributed by atoms with van der Waals surface area (Å²) in [4.78, 5) is 0.347. The van der Waals surface area contributed by atoms with Gasteiger partial charge in [-0.1, -0.05) is 43.9 Å². The number of sulfone groups is 1. The summed E-state index contributed by atoms with van der Waals surface area (Å²) in [7, 11) is -3.68. The quantitative estimate of drug-likeness (QED) is 0.342. The van der Waals surface area contributed by atoms with Crippen LogP contribution in [0.15, 0.2) is 119 Å². The van der Waals surface area contributed by atoms with Gasteiger partial charge in [0.15, 0.2) is 0 Å². The third-order valence-electron chi connectivity index (χ3n) is 4.63. The number of para-hydroxylation sites is 1. The summed E-state index contributed by atoms with van der Waals surface area (Å²) in [5.74, 6) is 2.73. The highest BCUT2D eigenvalue weighted by Gasteiger charge is 2.18. The lowest BCUT2D eigenvalue weighted by atomic mass is 10.0. The van der Waals surface area contributed by atoms with E-state index in [9.17, 15) is 8.42 Å². The van der Waals surface area contributed by atoms with Crippen molar-refractivity contribution in [2.75, 3.05) is 0 Å². The molecule has 1 unspecified atom stereocenters. The molecule has 1 aliphatic carbocycles. The predicted molar refractivity (Wildman–Crippen MR) is 124 cm³/mol. The highest BCUT2D eigenvalue weighted by Crippen LogP contribution is 2.26. The zero-order chi connectivity index (χ0) is 22.3. The Labute approximate surface area is 184 Å². The molecule has 160 valence electrons. The first-order chi connectivity index (χ1) is 14.9. The molecule has 5 heteroatoms. The minimum atomic E-state index is -3.68. The predicted octanol–water partition coefficient (Wildman–Crippen LogP) is 6.72. The fourth-order valence-electron chi connectivity index (χ4n) is 3.02. The van der Waals surface area contributed by atoms with Crippen LogP contribution < -0.4 is 4.74 Å². The highest BCUT2D eigenvalue weighted by atomic mass is 32.2. The molecule has 0 spiro atoms. The summed E-state index contributed by atoms with van der Waals surface area (Å²) >= 11 is 0. The normalized spacial score (nSPS) is 16.8. The van der Waals surface area contributed by atoms with Crippen LogP contribution in [-0.4, -0.2) is 8.42 Å². The lowest BCUT2D eigenvalue weighted by Gasteiger charge is -2.13. The Bertz CT molecular complexity index is 1140. The lowest BCUT2D eigenvalue weighted by molar-refractivity contribution is 0.331. The van der Waals surface area contributed by atoms with E-state index in [0.29, 0.717) is 28.9 Å². The van der Waals surface area contributed by atoms with E-state index in [1.165, 1.54) is 18.2 Å². The van der Waals surface area contributed by atoms with Gasteiger partial charge >= 0.3 is 0 Å². The van der Waals surface area contributed by atoms with Gasteiger partial charge in [0.1, 0.15) is 23.0 Å². The second kappa shape index (κ2) is 10.1. The Kier molecular flexibility index (Phi) is 7.32. The van der Waals surface area contributed by atoms with Crippen LogP contribution >= 0.6 is 0 Å². The van der Waals surface area contributed by atoms with Crippen LogP contribution in [0.5, 0.6) is 11.5 Å². The van der Waals surface area contributed by atoms with Crippen LogP contribution in [0, 0.1) is 5.92 Å². The van der Waals surface area contributed by atoms with E-state index in [1.807, 2.05) is 48.6 Å². The van der Waals surface area contributed by atoms with Crippen molar-refractivity contribution in [2.45, 2.75) is 25.2 Å². The minimum absolute atomic E-state index is 0.163. The van der Waals surface area contributed by atoms with Crippen molar-refractivity contribution < 1.29 is 17.9 Å². The maximum absolute atomic E-state index is 13.0. The van der Waals surface area contributed by atoms with Crippen molar-refractivity contribution >= 4 is 9.84 Å². The van der Waals surface area contributed by atoms with Crippen molar-refractivity contribution in [3.05, 3.63) is 114 Å². The van der Waals surface area contributed by atoms with Crippen molar-refractivity contribution in [2.24, 2.45) is 5.92 Å². The average Bonchev–Trinajstić information content (AvgIpc) is 2.75. The number of hydrogen-bond donors (Lipinski definition) is 0. The standard InChI is InChI=1S/C26H26O4S/c1-4-25(16-13-21(3)29-24-12-8-9-20(2)19-24)31(27,28)26-17-14-23(15-18-26)30-22-10-6-5-7-11-22/h4-8,10-20H,3,9H2,1-2H3/b16-13-,25-4+. The number of allylic oxidation sites excluding steroid dienone is 6. The van der Waals surface area contributed by atoms with E-state index in [1.54, 1.807) is 31.2 Å². The van der Waals surface area contributed by atoms with Gasteiger partial charge in [0, 0.05) is 0 Å². The van der Waals surface area contributed by atoms with Gasteiger partial charge in [-0.2, -0.15) is 0 Å². The monoisotopic (exact) mass is 434 g/mol. The molecule has 3 rings (SSSR count). The molecule has 1 aliphatic rings. The van der Waals surface area contributed by atoms with E-state index in [-0.39, 0.29) is 9.80 Å². The van der Waals surface area contributed by atoms with Crippen molar-refractivity contribution in [3.63, 3.8) is 0 Å². The summed E-state index contributed by atoms with van der Waals surface area (Å²) in [6.45, 7) is 7.65. The molecule has 0 saturated heterocycles. The van der Waals surface area contributed by atoms with Gasteiger partial charge in [0.25, 0.3) is 0 Å².